The SMILES string of the molecule is Cn1cc(C(=O)c2cccc(S(C)(=O)=O)c2)cn1. The van der Waals surface area contributed by atoms with Gasteiger partial charge < -0.3 is 0 Å². The Kier molecular flexibility index (Phi) is 3.04. The van der Waals surface area contributed by atoms with Gasteiger partial charge in [-0.2, -0.15) is 5.10 Å². The van der Waals surface area contributed by atoms with Crippen LogP contribution < -0.4 is 0 Å². The fraction of sp³-hybridized carbons (Fsp3) is 0.167. The molecule has 1 aromatic heterocycles. The van der Waals surface area contributed by atoms with Gasteiger partial charge in [-0.25, -0.2) is 8.42 Å². The van der Waals surface area contributed by atoms with E-state index < -0.39 is 9.84 Å². The van der Waals surface area contributed by atoms with E-state index in [4.69, 9.17) is 0 Å². The first-order valence-corrected chi connectivity index (χ1v) is 7.10. The molecule has 1 aromatic carbocycles. The summed E-state index contributed by atoms with van der Waals surface area (Å²) in [5.74, 6) is -0.242. The largest absolute Gasteiger partial charge is 0.288 e. The van der Waals surface area contributed by atoms with Crippen molar-refractivity contribution in [1.82, 2.24) is 9.78 Å². The first-order chi connectivity index (χ1) is 8.38. The predicted molar refractivity (Wildman–Crippen MR) is 66.2 cm³/mol. The summed E-state index contributed by atoms with van der Waals surface area (Å²) in [6, 6.07) is 5.99. The minimum atomic E-state index is -3.31. The fourth-order valence-electron chi connectivity index (χ4n) is 1.57. The third-order valence-electron chi connectivity index (χ3n) is 2.49. The Morgan fingerprint density at radius 1 is 1.28 bits per heavy atom. The van der Waals surface area contributed by atoms with Gasteiger partial charge in [0.2, 0.25) is 0 Å². The lowest BCUT2D eigenvalue weighted by Gasteiger charge is -2.01. The average molecular weight is 264 g/mol. The molecule has 0 spiro atoms. The van der Waals surface area contributed by atoms with Crippen molar-refractivity contribution >= 4 is 15.6 Å². The molecule has 0 aliphatic carbocycles. The van der Waals surface area contributed by atoms with Crippen molar-refractivity contribution in [3.63, 3.8) is 0 Å². The van der Waals surface area contributed by atoms with E-state index in [2.05, 4.69) is 5.10 Å². The molecule has 2 aromatic rings. The maximum Gasteiger partial charge on any atom is 0.196 e. The Morgan fingerprint density at radius 3 is 2.56 bits per heavy atom. The van der Waals surface area contributed by atoms with Crippen molar-refractivity contribution in [2.75, 3.05) is 6.26 Å². The smallest absolute Gasteiger partial charge is 0.196 e. The second-order valence-corrected chi connectivity index (χ2v) is 6.05. The molecule has 0 unspecified atom stereocenters. The van der Waals surface area contributed by atoms with Crippen LogP contribution in [0.2, 0.25) is 0 Å². The molecule has 0 atom stereocenters. The summed E-state index contributed by atoms with van der Waals surface area (Å²) in [6.07, 6.45) is 4.16. The molecule has 0 N–H and O–H groups in total. The van der Waals surface area contributed by atoms with Crippen molar-refractivity contribution in [1.29, 1.82) is 0 Å². The summed E-state index contributed by atoms with van der Waals surface area (Å²) in [6.45, 7) is 0. The second-order valence-electron chi connectivity index (χ2n) is 4.03. The lowest BCUT2D eigenvalue weighted by Crippen LogP contribution is -2.03. The highest BCUT2D eigenvalue weighted by Crippen LogP contribution is 2.14. The quantitative estimate of drug-likeness (QED) is 0.777. The third kappa shape index (κ3) is 2.48. The third-order valence-corrected chi connectivity index (χ3v) is 3.60. The molecule has 94 valence electrons. The number of benzene rings is 1. The molecular weight excluding hydrogens is 252 g/mol. The first kappa shape index (κ1) is 12.5. The van der Waals surface area contributed by atoms with Gasteiger partial charge in [-0.3, -0.25) is 9.48 Å². The van der Waals surface area contributed by atoms with Gasteiger partial charge in [0, 0.05) is 25.1 Å². The van der Waals surface area contributed by atoms with Crippen LogP contribution in [0.5, 0.6) is 0 Å². The van der Waals surface area contributed by atoms with E-state index in [0.717, 1.165) is 6.26 Å². The zero-order valence-electron chi connectivity index (χ0n) is 9.99. The number of carbonyl (C=O) groups is 1. The van der Waals surface area contributed by atoms with Gasteiger partial charge in [0.1, 0.15) is 0 Å². The lowest BCUT2D eigenvalue weighted by atomic mass is 10.1. The zero-order chi connectivity index (χ0) is 13.3. The molecule has 1 heterocycles. The van der Waals surface area contributed by atoms with Crippen LogP contribution in [0.1, 0.15) is 15.9 Å². The van der Waals surface area contributed by atoms with Gasteiger partial charge in [0.15, 0.2) is 15.6 Å². The molecule has 2 rings (SSSR count). The van der Waals surface area contributed by atoms with Crippen molar-refractivity contribution in [3.05, 3.63) is 47.8 Å². The van der Waals surface area contributed by atoms with Crippen LogP contribution >= 0.6 is 0 Å². The number of hydrogen-bond donors (Lipinski definition) is 0. The van der Waals surface area contributed by atoms with Gasteiger partial charge in [0.25, 0.3) is 0 Å². The highest BCUT2D eigenvalue weighted by molar-refractivity contribution is 7.90. The normalized spacial score (nSPS) is 11.4. The van der Waals surface area contributed by atoms with E-state index in [0.29, 0.717) is 11.1 Å². The highest BCUT2D eigenvalue weighted by atomic mass is 32.2. The number of aryl methyl sites for hydroxylation is 1. The molecule has 5 nitrogen and oxygen atoms in total. The Morgan fingerprint density at radius 2 is 2.00 bits per heavy atom. The molecule has 0 saturated heterocycles. The number of carbonyl (C=O) groups excluding carboxylic acids is 1. The van der Waals surface area contributed by atoms with Crippen LogP contribution in [0.25, 0.3) is 0 Å². The molecule has 0 aliphatic rings. The maximum atomic E-state index is 12.1. The Hall–Kier alpha value is -1.95. The monoisotopic (exact) mass is 264 g/mol. The number of rotatable bonds is 3. The Balaban J connectivity index is 2.43. The van der Waals surface area contributed by atoms with Crippen LogP contribution in [0.4, 0.5) is 0 Å². The molecule has 0 fully saturated rings. The zero-order valence-corrected chi connectivity index (χ0v) is 10.8. The Labute approximate surface area is 105 Å². The van der Waals surface area contributed by atoms with Crippen LogP contribution in [0.3, 0.4) is 0 Å². The first-order valence-electron chi connectivity index (χ1n) is 5.21. The number of aromatic nitrogens is 2. The van der Waals surface area contributed by atoms with Crippen LogP contribution in [-0.4, -0.2) is 30.2 Å². The van der Waals surface area contributed by atoms with E-state index in [1.165, 1.54) is 23.0 Å². The minimum Gasteiger partial charge on any atom is -0.288 e. The highest BCUT2D eigenvalue weighted by Gasteiger charge is 2.14. The standard InChI is InChI=1S/C12H12N2O3S/c1-14-8-10(7-13-14)12(15)9-4-3-5-11(6-9)18(2,16)17/h3-8H,1-2H3. The van der Waals surface area contributed by atoms with Gasteiger partial charge >= 0.3 is 0 Å². The predicted octanol–water partition coefficient (Wildman–Crippen LogP) is 1.05. The van der Waals surface area contributed by atoms with Gasteiger partial charge in [-0.1, -0.05) is 12.1 Å². The summed E-state index contributed by atoms with van der Waals surface area (Å²) in [5, 5.41) is 3.91. The number of ketones is 1. The average Bonchev–Trinajstić information content (AvgIpc) is 2.74. The van der Waals surface area contributed by atoms with Gasteiger partial charge in [-0.15, -0.1) is 0 Å². The lowest BCUT2D eigenvalue weighted by molar-refractivity contribution is 0.103. The van der Waals surface area contributed by atoms with Crippen molar-refractivity contribution in [3.8, 4) is 0 Å². The molecule has 18 heavy (non-hydrogen) atoms. The number of sulfone groups is 1. The van der Waals surface area contributed by atoms with E-state index in [-0.39, 0.29) is 10.7 Å². The molecule has 0 radical (unpaired) electrons. The van der Waals surface area contributed by atoms with Gasteiger partial charge in [0.05, 0.1) is 16.7 Å². The van der Waals surface area contributed by atoms with Crippen molar-refractivity contribution in [2.24, 2.45) is 7.05 Å². The van der Waals surface area contributed by atoms with Crippen molar-refractivity contribution in [2.45, 2.75) is 4.90 Å². The van der Waals surface area contributed by atoms with E-state index >= 15 is 0 Å². The van der Waals surface area contributed by atoms with Crippen LogP contribution in [0, 0.1) is 0 Å². The molecule has 6 heteroatoms. The van der Waals surface area contributed by atoms with E-state index in [1.807, 2.05) is 0 Å². The summed E-state index contributed by atoms with van der Waals surface area (Å²) in [4.78, 5) is 12.2. The number of hydrogen-bond acceptors (Lipinski definition) is 4. The summed E-state index contributed by atoms with van der Waals surface area (Å²) in [7, 11) is -1.60. The van der Waals surface area contributed by atoms with E-state index in [9.17, 15) is 13.2 Å². The second kappa shape index (κ2) is 4.38. The maximum absolute atomic E-state index is 12.1. The molecular formula is C12H12N2O3S. The summed E-state index contributed by atoms with van der Waals surface area (Å²) < 4.78 is 24.4. The Bertz CT molecular complexity index is 702. The molecule has 0 saturated carbocycles. The van der Waals surface area contributed by atoms with E-state index in [1.54, 1.807) is 25.4 Å². The molecule has 0 amide bonds. The molecule has 0 aliphatic heterocycles. The number of nitrogens with zero attached hydrogens (tertiary/aromatic N) is 2. The van der Waals surface area contributed by atoms with Crippen molar-refractivity contribution < 1.29 is 13.2 Å². The fourth-order valence-corrected chi connectivity index (χ4v) is 2.24. The molecule has 0 bridgehead atoms. The van der Waals surface area contributed by atoms with Crippen LogP contribution in [0.15, 0.2) is 41.6 Å². The van der Waals surface area contributed by atoms with Crippen LogP contribution in [-0.2, 0) is 16.9 Å². The summed E-state index contributed by atoms with van der Waals surface area (Å²) in [5.41, 5.74) is 0.772. The summed E-state index contributed by atoms with van der Waals surface area (Å²) >= 11 is 0. The van der Waals surface area contributed by atoms with Gasteiger partial charge in [-0.05, 0) is 12.1 Å². The minimum absolute atomic E-state index is 0.136. The topological polar surface area (TPSA) is 69.0 Å².